The molecule has 138 valence electrons. The van der Waals surface area contributed by atoms with Crippen molar-refractivity contribution in [3.63, 3.8) is 0 Å². The van der Waals surface area contributed by atoms with Crippen LogP contribution in [0.1, 0.15) is 54.9 Å². The van der Waals surface area contributed by atoms with Crippen LogP contribution in [0.4, 0.5) is 0 Å². The fourth-order valence-corrected chi connectivity index (χ4v) is 3.79. The molecule has 0 aliphatic carbocycles. The topological polar surface area (TPSA) is 82.5 Å². The zero-order chi connectivity index (χ0) is 17.9. The monoisotopic (exact) mass is 349 g/mol. The Balaban J connectivity index is 1.85. The Labute approximate surface area is 148 Å². The number of fused-ring (bicyclic) bond motifs is 1. The summed E-state index contributed by atoms with van der Waals surface area (Å²) in [5, 5.41) is 7.80. The Bertz CT molecular complexity index is 647. The SMILES string of the molecule is CCc1nn(CCCOC(C)=O)c2c1C(=O)NCC1(CCOCC1)C2. The summed E-state index contributed by atoms with van der Waals surface area (Å²) in [6.07, 6.45) is 4.15. The molecule has 0 saturated carbocycles. The quantitative estimate of drug-likeness (QED) is 0.643. The van der Waals surface area contributed by atoms with Gasteiger partial charge in [0.05, 0.1) is 23.6 Å². The van der Waals surface area contributed by atoms with E-state index in [4.69, 9.17) is 9.47 Å². The molecule has 1 spiro atoms. The lowest BCUT2D eigenvalue weighted by Gasteiger charge is -2.36. The van der Waals surface area contributed by atoms with Crippen molar-refractivity contribution < 1.29 is 19.1 Å². The van der Waals surface area contributed by atoms with Crippen LogP contribution in [-0.2, 0) is 33.7 Å². The molecular weight excluding hydrogens is 322 g/mol. The molecule has 0 atom stereocenters. The predicted molar refractivity (Wildman–Crippen MR) is 91.4 cm³/mol. The zero-order valence-corrected chi connectivity index (χ0v) is 15.1. The lowest BCUT2D eigenvalue weighted by atomic mass is 9.76. The van der Waals surface area contributed by atoms with Gasteiger partial charge in [0.2, 0.25) is 0 Å². The third-order valence-corrected chi connectivity index (χ3v) is 5.23. The molecule has 25 heavy (non-hydrogen) atoms. The molecule has 1 fully saturated rings. The van der Waals surface area contributed by atoms with E-state index in [0.29, 0.717) is 26.1 Å². The average molecular weight is 349 g/mol. The van der Waals surface area contributed by atoms with Gasteiger partial charge in [-0.1, -0.05) is 6.92 Å². The molecular formula is C18H27N3O4. The minimum Gasteiger partial charge on any atom is -0.466 e. The third kappa shape index (κ3) is 3.86. The molecule has 1 saturated heterocycles. The molecule has 1 N–H and O–H groups in total. The number of carbonyl (C=O) groups excluding carboxylic acids is 2. The fraction of sp³-hybridized carbons (Fsp3) is 0.722. The van der Waals surface area contributed by atoms with Crippen molar-refractivity contribution in [1.29, 1.82) is 0 Å². The summed E-state index contributed by atoms with van der Waals surface area (Å²) < 4.78 is 12.5. The van der Waals surface area contributed by atoms with Crippen LogP contribution in [0.25, 0.3) is 0 Å². The molecule has 7 heteroatoms. The van der Waals surface area contributed by atoms with Gasteiger partial charge in [-0.15, -0.1) is 0 Å². The van der Waals surface area contributed by atoms with E-state index in [-0.39, 0.29) is 17.3 Å². The molecule has 0 bridgehead atoms. The standard InChI is InChI=1S/C18H27N3O4/c1-3-14-16-15(21(20-14)7-4-8-25-13(2)22)11-18(12-19-17(16)23)5-9-24-10-6-18/h3-12H2,1-2H3,(H,19,23). The van der Waals surface area contributed by atoms with Crippen LogP contribution >= 0.6 is 0 Å². The number of aryl methyl sites for hydroxylation is 2. The van der Waals surface area contributed by atoms with Gasteiger partial charge in [-0.05, 0) is 31.1 Å². The van der Waals surface area contributed by atoms with Crippen LogP contribution < -0.4 is 5.32 Å². The first kappa shape index (κ1) is 17.9. The minimum atomic E-state index is -0.269. The molecule has 2 aliphatic heterocycles. The maximum absolute atomic E-state index is 12.7. The molecule has 0 aromatic carbocycles. The molecule has 0 unspecified atom stereocenters. The summed E-state index contributed by atoms with van der Waals surface area (Å²) in [6, 6.07) is 0. The van der Waals surface area contributed by atoms with Crippen molar-refractivity contribution in [3.8, 4) is 0 Å². The summed E-state index contributed by atoms with van der Waals surface area (Å²) in [6.45, 7) is 6.63. The van der Waals surface area contributed by atoms with Crippen LogP contribution in [0.2, 0.25) is 0 Å². The minimum absolute atomic E-state index is 0.0125. The number of hydrogen-bond donors (Lipinski definition) is 1. The highest BCUT2D eigenvalue weighted by molar-refractivity contribution is 5.97. The Morgan fingerprint density at radius 3 is 2.84 bits per heavy atom. The van der Waals surface area contributed by atoms with E-state index in [0.717, 1.165) is 55.8 Å². The first-order valence-electron chi connectivity index (χ1n) is 9.12. The van der Waals surface area contributed by atoms with Gasteiger partial charge in [0.25, 0.3) is 5.91 Å². The number of hydrogen-bond acceptors (Lipinski definition) is 5. The maximum Gasteiger partial charge on any atom is 0.302 e. The molecule has 0 radical (unpaired) electrons. The first-order chi connectivity index (χ1) is 12.0. The Morgan fingerprint density at radius 1 is 1.40 bits per heavy atom. The van der Waals surface area contributed by atoms with Crippen molar-refractivity contribution in [1.82, 2.24) is 15.1 Å². The van der Waals surface area contributed by atoms with Gasteiger partial charge in [0.15, 0.2) is 0 Å². The molecule has 1 amide bonds. The highest BCUT2D eigenvalue weighted by Crippen LogP contribution is 2.37. The van der Waals surface area contributed by atoms with Crippen molar-refractivity contribution in [2.24, 2.45) is 5.41 Å². The molecule has 3 heterocycles. The number of aromatic nitrogens is 2. The van der Waals surface area contributed by atoms with Gasteiger partial charge in [-0.2, -0.15) is 5.10 Å². The zero-order valence-electron chi connectivity index (χ0n) is 15.1. The van der Waals surface area contributed by atoms with Gasteiger partial charge in [0.1, 0.15) is 0 Å². The number of ether oxygens (including phenoxy) is 2. The van der Waals surface area contributed by atoms with Crippen LogP contribution in [0.5, 0.6) is 0 Å². The number of esters is 1. The van der Waals surface area contributed by atoms with Gasteiger partial charge >= 0.3 is 5.97 Å². The van der Waals surface area contributed by atoms with E-state index in [1.165, 1.54) is 6.92 Å². The van der Waals surface area contributed by atoms with Crippen LogP contribution in [0.15, 0.2) is 0 Å². The van der Waals surface area contributed by atoms with Crippen molar-refractivity contribution in [3.05, 3.63) is 17.0 Å². The van der Waals surface area contributed by atoms with Gasteiger partial charge in [-0.3, -0.25) is 14.3 Å². The fourth-order valence-electron chi connectivity index (χ4n) is 3.79. The Morgan fingerprint density at radius 2 is 2.16 bits per heavy atom. The van der Waals surface area contributed by atoms with Gasteiger partial charge < -0.3 is 14.8 Å². The lowest BCUT2D eigenvalue weighted by Crippen LogP contribution is -2.40. The lowest BCUT2D eigenvalue weighted by molar-refractivity contribution is -0.141. The largest absolute Gasteiger partial charge is 0.466 e. The number of carbonyl (C=O) groups is 2. The maximum atomic E-state index is 12.7. The second-order valence-electron chi connectivity index (χ2n) is 7.01. The number of rotatable bonds is 5. The van der Waals surface area contributed by atoms with E-state index in [1.807, 2.05) is 11.6 Å². The molecule has 1 aromatic heterocycles. The van der Waals surface area contributed by atoms with E-state index in [1.54, 1.807) is 0 Å². The molecule has 7 nitrogen and oxygen atoms in total. The highest BCUT2D eigenvalue weighted by atomic mass is 16.5. The van der Waals surface area contributed by atoms with Gasteiger partial charge in [0, 0.05) is 39.6 Å². The third-order valence-electron chi connectivity index (χ3n) is 5.23. The van der Waals surface area contributed by atoms with Crippen LogP contribution in [0.3, 0.4) is 0 Å². The summed E-state index contributed by atoms with van der Waals surface area (Å²) in [5.41, 5.74) is 2.68. The predicted octanol–water partition coefficient (Wildman–Crippen LogP) is 1.48. The van der Waals surface area contributed by atoms with Crippen molar-refractivity contribution >= 4 is 11.9 Å². The normalized spacial score (nSPS) is 19.2. The van der Waals surface area contributed by atoms with Crippen molar-refractivity contribution in [2.45, 2.75) is 52.5 Å². The summed E-state index contributed by atoms with van der Waals surface area (Å²) in [4.78, 5) is 23.6. The summed E-state index contributed by atoms with van der Waals surface area (Å²) in [7, 11) is 0. The van der Waals surface area contributed by atoms with E-state index >= 15 is 0 Å². The van der Waals surface area contributed by atoms with E-state index < -0.39 is 0 Å². The van der Waals surface area contributed by atoms with Crippen molar-refractivity contribution in [2.75, 3.05) is 26.4 Å². The number of nitrogens with zero attached hydrogens (tertiary/aromatic N) is 2. The molecule has 2 aliphatic rings. The molecule has 3 rings (SSSR count). The van der Waals surface area contributed by atoms with E-state index in [2.05, 4.69) is 10.4 Å². The van der Waals surface area contributed by atoms with E-state index in [9.17, 15) is 9.59 Å². The second-order valence-corrected chi connectivity index (χ2v) is 7.01. The van der Waals surface area contributed by atoms with Crippen LogP contribution in [0, 0.1) is 5.41 Å². The second kappa shape index (κ2) is 7.56. The first-order valence-corrected chi connectivity index (χ1v) is 9.12. The summed E-state index contributed by atoms with van der Waals surface area (Å²) in [5.74, 6) is -0.282. The highest BCUT2D eigenvalue weighted by Gasteiger charge is 2.39. The number of amides is 1. The molecule has 1 aromatic rings. The van der Waals surface area contributed by atoms with Crippen LogP contribution in [-0.4, -0.2) is 48.0 Å². The Kier molecular flexibility index (Phi) is 5.42. The van der Waals surface area contributed by atoms with Gasteiger partial charge in [-0.25, -0.2) is 0 Å². The Hall–Kier alpha value is -1.89. The average Bonchev–Trinajstić information content (AvgIpc) is 2.88. The number of nitrogens with one attached hydrogen (secondary N) is 1. The smallest absolute Gasteiger partial charge is 0.302 e. The summed E-state index contributed by atoms with van der Waals surface area (Å²) >= 11 is 0.